The summed E-state index contributed by atoms with van der Waals surface area (Å²) >= 11 is 0. The van der Waals surface area contributed by atoms with Crippen molar-refractivity contribution in [1.82, 2.24) is 20.3 Å². The Balaban J connectivity index is 1.69. The highest BCUT2D eigenvalue weighted by Gasteiger charge is 2.32. The highest BCUT2D eigenvalue weighted by Crippen LogP contribution is 2.28. The fraction of sp³-hybridized carbons (Fsp3) is 0.364. The number of aromatic nitrogens is 1. The van der Waals surface area contributed by atoms with Crippen LogP contribution in [0.25, 0.3) is 11.1 Å². The Labute approximate surface area is 197 Å². The van der Waals surface area contributed by atoms with Crippen LogP contribution in [0.15, 0.2) is 41.6 Å². The Hall–Kier alpha value is -3.77. The molecule has 1 aliphatic heterocycles. The molecule has 2 amide bonds. The smallest absolute Gasteiger partial charge is 0.414 e. The minimum atomic E-state index is -0.595. The van der Waals surface area contributed by atoms with Crippen molar-refractivity contribution in [2.75, 3.05) is 45.2 Å². The number of rotatable bonds is 9. The number of hydrazine groups is 1. The van der Waals surface area contributed by atoms with Crippen LogP contribution >= 0.6 is 0 Å². The van der Waals surface area contributed by atoms with E-state index in [1.165, 1.54) is 29.2 Å². The molecular weight excluding hydrogens is 443 g/mol. The van der Waals surface area contributed by atoms with E-state index in [0.717, 1.165) is 0 Å². The largest absolute Gasteiger partial charge is 0.442 e. The third-order valence-electron chi connectivity index (χ3n) is 5.07. The van der Waals surface area contributed by atoms with E-state index in [9.17, 15) is 14.0 Å². The quantitative estimate of drug-likeness (QED) is 0.210. The van der Waals surface area contributed by atoms with Gasteiger partial charge >= 0.3 is 6.09 Å². The first kappa shape index (κ1) is 24.9. The number of pyridine rings is 1. The lowest BCUT2D eigenvalue weighted by molar-refractivity contribution is -0.119. The molecule has 34 heavy (non-hydrogen) atoms. The van der Waals surface area contributed by atoms with Gasteiger partial charge in [-0.05, 0) is 38.4 Å². The van der Waals surface area contributed by atoms with Gasteiger partial charge in [0.05, 0.1) is 25.3 Å². The summed E-state index contributed by atoms with van der Waals surface area (Å²) in [5.41, 5.74) is 7.59. The molecule has 2 heterocycles. The molecule has 1 atom stereocenters. The zero-order chi connectivity index (χ0) is 24.8. The third kappa shape index (κ3) is 6.39. The summed E-state index contributed by atoms with van der Waals surface area (Å²) in [6, 6.07) is 7.76. The molecule has 1 aromatic heterocycles. The number of anilines is 1. The average Bonchev–Trinajstić information content (AvgIpc) is 3.17. The van der Waals surface area contributed by atoms with E-state index in [2.05, 4.69) is 15.4 Å². The summed E-state index contributed by atoms with van der Waals surface area (Å²) in [6.07, 6.45) is 0.391. The van der Waals surface area contributed by atoms with Gasteiger partial charge in [0.1, 0.15) is 17.6 Å². The maximum absolute atomic E-state index is 14.9. The second-order valence-electron chi connectivity index (χ2n) is 8.10. The predicted octanol–water partition coefficient (Wildman–Crippen LogP) is 0.707. The molecule has 1 aromatic carbocycles. The number of amides is 2. The molecule has 2 aromatic rings. The van der Waals surface area contributed by atoms with E-state index < -0.39 is 18.0 Å². The normalized spacial score (nSPS) is 16.1. The Bertz CT molecular complexity index is 1060. The van der Waals surface area contributed by atoms with Gasteiger partial charge in [0, 0.05) is 30.8 Å². The maximum Gasteiger partial charge on any atom is 0.414 e. The van der Waals surface area contributed by atoms with Crippen LogP contribution in [0.4, 0.5) is 14.9 Å². The highest BCUT2D eigenvalue weighted by molar-refractivity contribution is 5.95. The Morgan fingerprint density at radius 3 is 2.71 bits per heavy atom. The highest BCUT2D eigenvalue weighted by atomic mass is 19.1. The number of ether oxygens (including phenoxy) is 1. The zero-order valence-corrected chi connectivity index (χ0v) is 19.4. The summed E-state index contributed by atoms with van der Waals surface area (Å²) < 4.78 is 20.1. The summed E-state index contributed by atoms with van der Waals surface area (Å²) in [6.45, 7) is 2.98. The molecule has 0 unspecified atom stereocenters. The van der Waals surface area contributed by atoms with Crippen LogP contribution in [-0.4, -0.2) is 79.2 Å². The minimum absolute atomic E-state index is 0.144. The van der Waals surface area contributed by atoms with Crippen LogP contribution in [0.2, 0.25) is 0 Å². The van der Waals surface area contributed by atoms with Crippen molar-refractivity contribution in [1.29, 1.82) is 0 Å². The molecular formula is C22H29FN8O3. The third-order valence-corrected chi connectivity index (χ3v) is 5.07. The van der Waals surface area contributed by atoms with Crippen LogP contribution in [0, 0.1) is 5.82 Å². The second kappa shape index (κ2) is 10.9. The summed E-state index contributed by atoms with van der Waals surface area (Å²) in [7, 11) is 3.85. The lowest BCUT2D eigenvalue weighted by Gasteiger charge is -2.16. The van der Waals surface area contributed by atoms with Crippen LogP contribution < -0.4 is 21.8 Å². The molecule has 12 heteroatoms. The Morgan fingerprint density at radius 2 is 2.09 bits per heavy atom. The van der Waals surface area contributed by atoms with E-state index >= 15 is 0 Å². The first-order chi connectivity index (χ1) is 16.1. The molecule has 182 valence electrons. The first-order valence-electron chi connectivity index (χ1n) is 10.6. The van der Waals surface area contributed by atoms with E-state index in [-0.39, 0.29) is 24.8 Å². The molecule has 0 bridgehead atoms. The minimum Gasteiger partial charge on any atom is -0.442 e. The molecule has 0 spiro atoms. The molecule has 1 saturated heterocycles. The van der Waals surface area contributed by atoms with Gasteiger partial charge in [-0.25, -0.2) is 20.1 Å². The predicted molar refractivity (Wildman–Crippen MR) is 126 cm³/mol. The van der Waals surface area contributed by atoms with Crippen molar-refractivity contribution in [3.63, 3.8) is 0 Å². The van der Waals surface area contributed by atoms with Gasteiger partial charge in [0.25, 0.3) is 0 Å². The number of hydrazone groups is 1. The van der Waals surface area contributed by atoms with Gasteiger partial charge < -0.3 is 20.7 Å². The molecule has 5 N–H and O–H groups in total. The van der Waals surface area contributed by atoms with Gasteiger partial charge in [-0.3, -0.25) is 14.7 Å². The van der Waals surface area contributed by atoms with Gasteiger partial charge in [-0.1, -0.05) is 6.07 Å². The van der Waals surface area contributed by atoms with Crippen molar-refractivity contribution in [3.05, 3.63) is 48.0 Å². The first-order valence-corrected chi connectivity index (χ1v) is 10.6. The van der Waals surface area contributed by atoms with Crippen molar-refractivity contribution in [3.8, 4) is 11.1 Å². The number of amidine groups is 1. The number of benzene rings is 1. The fourth-order valence-electron chi connectivity index (χ4n) is 3.25. The van der Waals surface area contributed by atoms with E-state index in [1.807, 2.05) is 19.0 Å². The number of nitrogens with zero attached hydrogens (tertiary/aromatic N) is 5. The topological polar surface area (TPSA) is 142 Å². The molecule has 0 radical (unpaired) electrons. The van der Waals surface area contributed by atoms with Crippen molar-refractivity contribution in [2.45, 2.75) is 13.0 Å². The maximum atomic E-state index is 14.9. The molecule has 3 rings (SSSR count). The Kier molecular flexibility index (Phi) is 7.97. The number of halogens is 1. The van der Waals surface area contributed by atoms with Crippen LogP contribution in [0.3, 0.4) is 0 Å². The number of nitrogens with one attached hydrogen (secondary N) is 1. The second-order valence-corrected chi connectivity index (χ2v) is 8.10. The molecule has 0 aliphatic carbocycles. The Morgan fingerprint density at radius 1 is 1.32 bits per heavy atom. The average molecular weight is 473 g/mol. The van der Waals surface area contributed by atoms with Crippen molar-refractivity contribution < 1.29 is 18.7 Å². The van der Waals surface area contributed by atoms with Crippen LogP contribution in [0.5, 0.6) is 0 Å². The van der Waals surface area contributed by atoms with Crippen molar-refractivity contribution >= 4 is 23.5 Å². The summed E-state index contributed by atoms with van der Waals surface area (Å²) in [5, 5.41) is 7.95. The number of hydrogen-bond acceptors (Lipinski definition) is 8. The SMILES string of the molecule is CC(=O)NC[C@H]1CN(c2ccc(-c3ccc(/C(N)=N/N(N)CCN(C)C)nc3)c(F)c2)C(=O)O1. The molecule has 1 aliphatic rings. The monoisotopic (exact) mass is 472 g/mol. The van der Waals surface area contributed by atoms with Gasteiger partial charge in [0.2, 0.25) is 5.91 Å². The van der Waals surface area contributed by atoms with Gasteiger partial charge in [0.15, 0.2) is 5.84 Å². The number of hydrogen-bond donors (Lipinski definition) is 3. The summed E-state index contributed by atoms with van der Waals surface area (Å²) in [4.78, 5) is 30.8. The van der Waals surface area contributed by atoms with Crippen LogP contribution in [-0.2, 0) is 9.53 Å². The zero-order valence-electron chi connectivity index (χ0n) is 19.4. The molecule has 11 nitrogen and oxygen atoms in total. The molecule has 1 fully saturated rings. The van der Waals surface area contributed by atoms with Crippen LogP contribution in [0.1, 0.15) is 12.6 Å². The number of carbonyl (C=O) groups excluding carboxylic acids is 2. The standard InChI is InChI=1S/C22H29FN8O3/c1-14(32)26-12-17-13-30(22(33)34-17)16-5-6-18(19(23)10-16)15-4-7-20(27-11-15)21(24)28-31(25)9-8-29(2)3/h4-7,10-11,17H,8-9,12-13,25H2,1-3H3,(H2,24,28)(H,26,32)/t17-/m0/s1. The van der Waals surface area contributed by atoms with E-state index in [1.54, 1.807) is 24.3 Å². The lowest BCUT2D eigenvalue weighted by Crippen LogP contribution is -2.35. The number of likely N-dealkylation sites (N-methyl/N-ethyl adjacent to an activating group) is 1. The number of carbonyl (C=O) groups is 2. The number of cyclic esters (lactones) is 1. The van der Waals surface area contributed by atoms with E-state index in [4.69, 9.17) is 16.3 Å². The number of nitrogens with two attached hydrogens (primary N) is 2. The fourth-order valence-corrected chi connectivity index (χ4v) is 3.25. The van der Waals surface area contributed by atoms with E-state index in [0.29, 0.717) is 35.6 Å². The van der Waals surface area contributed by atoms with Gasteiger partial charge in [-0.15, -0.1) is 5.10 Å². The van der Waals surface area contributed by atoms with Gasteiger partial charge in [-0.2, -0.15) is 0 Å². The van der Waals surface area contributed by atoms with Crippen molar-refractivity contribution in [2.24, 2.45) is 16.7 Å². The molecule has 0 saturated carbocycles. The summed E-state index contributed by atoms with van der Waals surface area (Å²) in [5.74, 6) is 5.22. The lowest BCUT2D eigenvalue weighted by atomic mass is 10.1.